The maximum Gasteiger partial charge on any atom is 0.261 e. The normalized spacial score (nSPS) is 11.8. The van der Waals surface area contributed by atoms with Crippen molar-refractivity contribution in [2.45, 2.75) is 16.7 Å². The smallest absolute Gasteiger partial charge is 0.261 e. The Labute approximate surface area is 173 Å². The fourth-order valence-electron chi connectivity index (χ4n) is 2.45. The summed E-state index contributed by atoms with van der Waals surface area (Å²) in [5, 5.41) is 0.358. The first-order chi connectivity index (χ1) is 13.6. The van der Waals surface area contributed by atoms with Gasteiger partial charge in [0.1, 0.15) is 5.82 Å². The predicted molar refractivity (Wildman–Crippen MR) is 111 cm³/mol. The minimum Gasteiger partial charge on any atom is -0.280 e. The number of hydrogen-bond acceptors (Lipinski definition) is 4. The highest BCUT2D eigenvalue weighted by atomic mass is 35.5. The zero-order chi connectivity index (χ0) is 21.2. The Morgan fingerprint density at radius 1 is 0.759 bits per heavy atom. The molecule has 0 fully saturated rings. The minimum atomic E-state index is -4.10. The van der Waals surface area contributed by atoms with Gasteiger partial charge in [0, 0.05) is 5.02 Å². The molecule has 0 amide bonds. The molecule has 0 bridgehead atoms. The van der Waals surface area contributed by atoms with E-state index in [1.165, 1.54) is 49.4 Å². The van der Waals surface area contributed by atoms with Crippen LogP contribution in [0, 0.1) is 12.7 Å². The van der Waals surface area contributed by atoms with Gasteiger partial charge in [0.05, 0.1) is 21.2 Å². The molecule has 0 aromatic heterocycles. The Hall–Kier alpha value is -2.62. The van der Waals surface area contributed by atoms with Crippen LogP contribution in [0.2, 0.25) is 5.02 Å². The van der Waals surface area contributed by atoms with Crippen molar-refractivity contribution in [2.75, 3.05) is 9.44 Å². The van der Waals surface area contributed by atoms with E-state index in [0.717, 1.165) is 12.1 Å². The molecule has 29 heavy (non-hydrogen) atoms. The van der Waals surface area contributed by atoms with Crippen molar-refractivity contribution in [3.8, 4) is 0 Å². The molecular formula is C19H16ClFN2O4S2. The van der Waals surface area contributed by atoms with E-state index < -0.39 is 25.9 Å². The molecule has 0 aliphatic rings. The Kier molecular flexibility index (Phi) is 5.83. The van der Waals surface area contributed by atoms with Crippen molar-refractivity contribution >= 4 is 43.0 Å². The molecule has 0 aliphatic carbocycles. The van der Waals surface area contributed by atoms with Crippen LogP contribution < -0.4 is 9.44 Å². The number of nitrogens with one attached hydrogen (secondary N) is 2. The van der Waals surface area contributed by atoms with Crippen molar-refractivity contribution in [3.63, 3.8) is 0 Å². The van der Waals surface area contributed by atoms with Gasteiger partial charge in [0.25, 0.3) is 20.0 Å². The van der Waals surface area contributed by atoms with E-state index in [1.807, 2.05) is 0 Å². The van der Waals surface area contributed by atoms with Gasteiger partial charge in [-0.15, -0.1) is 0 Å². The average Bonchev–Trinajstić information content (AvgIpc) is 2.63. The van der Waals surface area contributed by atoms with Gasteiger partial charge < -0.3 is 0 Å². The average molecular weight is 455 g/mol. The molecule has 0 saturated heterocycles. The number of sulfonamides is 2. The second kappa shape index (κ2) is 8.02. The summed E-state index contributed by atoms with van der Waals surface area (Å²) in [5.41, 5.74) is 0.586. The van der Waals surface area contributed by atoms with Gasteiger partial charge in [-0.3, -0.25) is 9.44 Å². The lowest BCUT2D eigenvalue weighted by atomic mass is 10.2. The van der Waals surface area contributed by atoms with Gasteiger partial charge >= 0.3 is 0 Å². The van der Waals surface area contributed by atoms with Gasteiger partial charge in [0.15, 0.2) is 0 Å². The maximum absolute atomic E-state index is 13.7. The summed E-state index contributed by atoms with van der Waals surface area (Å²) < 4.78 is 68.5. The second-order valence-corrected chi connectivity index (χ2v) is 9.96. The largest absolute Gasteiger partial charge is 0.280 e. The first-order valence-corrected chi connectivity index (χ1v) is 11.6. The van der Waals surface area contributed by atoms with Crippen molar-refractivity contribution in [3.05, 3.63) is 83.1 Å². The fourth-order valence-corrected chi connectivity index (χ4v) is 4.79. The molecule has 0 radical (unpaired) electrons. The quantitative estimate of drug-likeness (QED) is 0.577. The zero-order valence-corrected chi connectivity index (χ0v) is 17.4. The predicted octanol–water partition coefficient (Wildman–Crippen LogP) is 4.39. The van der Waals surface area contributed by atoms with Crippen LogP contribution in [0.5, 0.6) is 0 Å². The summed E-state index contributed by atoms with van der Waals surface area (Å²) in [6.45, 7) is 1.51. The third-order valence-electron chi connectivity index (χ3n) is 3.93. The lowest BCUT2D eigenvalue weighted by Gasteiger charge is -2.12. The molecule has 6 nitrogen and oxygen atoms in total. The van der Waals surface area contributed by atoms with Crippen molar-refractivity contribution in [1.82, 2.24) is 0 Å². The molecule has 3 aromatic carbocycles. The molecule has 0 unspecified atom stereocenters. The summed E-state index contributed by atoms with van der Waals surface area (Å²) in [4.78, 5) is -0.432. The topological polar surface area (TPSA) is 92.3 Å². The van der Waals surface area contributed by atoms with Crippen LogP contribution >= 0.6 is 11.6 Å². The molecular weight excluding hydrogens is 439 g/mol. The highest BCUT2D eigenvalue weighted by Crippen LogP contribution is 2.23. The molecule has 3 rings (SSSR count). The van der Waals surface area contributed by atoms with Crippen LogP contribution in [0.3, 0.4) is 0 Å². The highest BCUT2D eigenvalue weighted by Gasteiger charge is 2.19. The monoisotopic (exact) mass is 454 g/mol. The number of benzene rings is 3. The number of halogens is 2. The fraction of sp³-hybridized carbons (Fsp3) is 0.0526. The summed E-state index contributed by atoms with van der Waals surface area (Å²) in [7, 11) is -8.09. The van der Waals surface area contributed by atoms with Gasteiger partial charge in [-0.2, -0.15) is 0 Å². The molecule has 0 heterocycles. The Bertz CT molecular complexity index is 1280. The Morgan fingerprint density at radius 2 is 1.31 bits per heavy atom. The molecule has 0 spiro atoms. The summed E-state index contributed by atoms with van der Waals surface area (Å²) in [5.74, 6) is -0.657. The van der Waals surface area contributed by atoms with Crippen LogP contribution in [0.15, 0.2) is 76.5 Å². The van der Waals surface area contributed by atoms with Crippen LogP contribution in [-0.4, -0.2) is 16.8 Å². The molecule has 10 heteroatoms. The van der Waals surface area contributed by atoms with Crippen molar-refractivity contribution in [1.29, 1.82) is 0 Å². The number of hydrogen-bond donors (Lipinski definition) is 2. The minimum absolute atomic E-state index is 0.0138. The first kappa shape index (κ1) is 21.1. The van der Waals surface area contributed by atoms with E-state index in [9.17, 15) is 21.2 Å². The molecule has 0 atom stereocenters. The Morgan fingerprint density at radius 3 is 1.90 bits per heavy atom. The summed E-state index contributed by atoms with van der Waals surface area (Å²) in [6, 6.07) is 14.9. The van der Waals surface area contributed by atoms with Crippen LogP contribution in [0.4, 0.5) is 15.8 Å². The Balaban J connectivity index is 1.88. The van der Waals surface area contributed by atoms with Crippen molar-refractivity contribution in [2.24, 2.45) is 0 Å². The first-order valence-electron chi connectivity index (χ1n) is 8.24. The van der Waals surface area contributed by atoms with E-state index in [-0.39, 0.29) is 21.2 Å². The molecule has 152 valence electrons. The number of aryl methyl sites for hydroxylation is 1. The number of rotatable bonds is 6. The standard InChI is InChI=1S/C19H16ClFN2O4S2/c1-13-8-9-18(12-19(13)21)29(26,27)23-16-6-3-7-17(11-16)28(24,25)22-15-5-2-4-14(20)10-15/h2-12,22-23H,1H3. The van der Waals surface area contributed by atoms with E-state index in [0.29, 0.717) is 10.6 Å². The summed E-state index contributed by atoms with van der Waals surface area (Å²) in [6.07, 6.45) is 0. The lowest BCUT2D eigenvalue weighted by Crippen LogP contribution is -2.15. The molecule has 0 aliphatic heterocycles. The van der Waals surface area contributed by atoms with Gasteiger partial charge in [-0.25, -0.2) is 21.2 Å². The van der Waals surface area contributed by atoms with Crippen LogP contribution in [0.1, 0.15) is 5.56 Å². The van der Waals surface area contributed by atoms with E-state index in [2.05, 4.69) is 9.44 Å². The van der Waals surface area contributed by atoms with Gasteiger partial charge in [-0.1, -0.05) is 29.8 Å². The molecule has 2 N–H and O–H groups in total. The molecule has 0 saturated carbocycles. The van der Waals surface area contributed by atoms with E-state index in [1.54, 1.807) is 12.1 Å². The van der Waals surface area contributed by atoms with Crippen molar-refractivity contribution < 1.29 is 21.2 Å². The molecule has 3 aromatic rings. The SMILES string of the molecule is Cc1ccc(S(=O)(=O)Nc2cccc(S(=O)(=O)Nc3cccc(Cl)c3)c2)cc1F. The van der Waals surface area contributed by atoms with E-state index >= 15 is 0 Å². The van der Waals surface area contributed by atoms with Gasteiger partial charge in [0.2, 0.25) is 0 Å². The number of anilines is 2. The zero-order valence-electron chi connectivity index (χ0n) is 15.1. The lowest BCUT2D eigenvalue weighted by molar-refractivity contribution is 0.592. The summed E-state index contributed by atoms with van der Waals surface area (Å²) >= 11 is 5.86. The maximum atomic E-state index is 13.7. The second-order valence-electron chi connectivity index (χ2n) is 6.16. The van der Waals surface area contributed by atoms with E-state index in [4.69, 9.17) is 11.6 Å². The third kappa shape index (κ3) is 5.06. The van der Waals surface area contributed by atoms with Crippen LogP contribution in [-0.2, 0) is 20.0 Å². The third-order valence-corrected chi connectivity index (χ3v) is 6.92. The highest BCUT2D eigenvalue weighted by molar-refractivity contribution is 7.93. The van der Waals surface area contributed by atoms with Gasteiger partial charge in [-0.05, 0) is 61.0 Å². The van der Waals surface area contributed by atoms with Crippen LogP contribution in [0.25, 0.3) is 0 Å².